The van der Waals surface area contributed by atoms with Crippen molar-refractivity contribution in [2.24, 2.45) is 5.92 Å². The molecule has 0 radical (unpaired) electrons. The van der Waals surface area contributed by atoms with Crippen LogP contribution in [0.4, 0.5) is 5.82 Å². The van der Waals surface area contributed by atoms with Gasteiger partial charge in [0.1, 0.15) is 11.3 Å². The maximum atomic E-state index is 11.5. The number of anilines is 1. The van der Waals surface area contributed by atoms with Crippen LogP contribution >= 0.6 is 0 Å². The minimum absolute atomic E-state index is 0.668. The van der Waals surface area contributed by atoms with Crippen LogP contribution in [0, 0.1) is 5.92 Å². The minimum atomic E-state index is 0.668. The molecule has 0 amide bonds. The number of carbonyl (C=O) groups excluding carboxylic acids is 1. The van der Waals surface area contributed by atoms with Gasteiger partial charge in [0.25, 0.3) is 0 Å². The highest BCUT2D eigenvalue weighted by Crippen LogP contribution is 2.30. The van der Waals surface area contributed by atoms with Gasteiger partial charge in [0.2, 0.25) is 0 Å². The molecule has 0 unspecified atom stereocenters. The van der Waals surface area contributed by atoms with Crippen molar-refractivity contribution in [3.63, 3.8) is 0 Å². The lowest BCUT2D eigenvalue weighted by Gasteiger charge is -2.35. The van der Waals surface area contributed by atoms with Crippen molar-refractivity contribution in [1.29, 1.82) is 0 Å². The van der Waals surface area contributed by atoms with Gasteiger partial charge in [-0.15, -0.1) is 0 Å². The van der Waals surface area contributed by atoms with Crippen molar-refractivity contribution in [3.05, 3.63) is 30.1 Å². The van der Waals surface area contributed by atoms with Crippen LogP contribution in [-0.4, -0.2) is 53.3 Å². The zero-order valence-electron chi connectivity index (χ0n) is 12.1. The van der Waals surface area contributed by atoms with E-state index < -0.39 is 0 Å². The molecule has 0 atom stereocenters. The molecule has 3 heterocycles. The summed E-state index contributed by atoms with van der Waals surface area (Å²) in [5.41, 5.74) is 1.51. The van der Waals surface area contributed by atoms with Gasteiger partial charge in [0.15, 0.2) is 12.1 Å². The second kappa shape index (κ2) is 5.15. The third kappa shape index (κ3) is 2.42. The quantitative estimate of drug-likeness (QED) is 0.801. The highest BCUT2D eigenvalue weighted by atomic mass is 16.1. The van der Waals surface area contributed by atoms with E-state index in [2.05, 4.69) is 14.8 Å². The van der Waals surface area contributed by atoms with Crippen LogP contribution in [0.1, 0.15) is 23.3 Å². The average Bonchev–Trinajstić information content (AvgIpc) is 3.26. The first kappa shape index (κ1) is 12.8. The molecule has 5 nitrogen and oxygen atoms in total. The number of carbonyl (C=O) groups is 1. The number of hydrogen-bond acceptors (Lipinski definition) is 4. The van der Waals surface area contributed by atoms with E-state index in [4.69, 9.17) is 0 Å². The molecule has 1 saturated carbocycles. The number of fused-ring (bicyclic) bond motifs is 1. The van der Waals surface area contributed by atoms with Crippen LogP contribution in [0.3, 0.4) is 0 Å². The lowest BCUT2D eigenvalue weighted by Crippen LogP contribution is -2.47. The summed E-state index contributed by atoms with van der Waals surface area (Å²) in [7, 11) is 0. The van der Waals surface area contributed by atoms with Crippen molar-refractivity contribution in [1.82, 2.24) is 14.3 Å². The van der Waals surface area contributed by atoms with Gasteiger partial charge in [0.05, 0.1) is 0 Å². The Bertz CT molecular complexity index is 653. The SMILES string of the molecule is O=Cc1c(N2CCN(CC3CC3)CC2)nc2ccccn12. The van der Waals surface area contributed by atoms with Crippen LogP contribution in [0.5, 0.6) is 0 Å². The van der Waals surface area contributed by atoms with E-state index in [1.807, 2.05) is 28.8 Å². The summed E-state index contributed by atoms with van der Waals surface area (Å²) < 4.78 is 1.87. The van der Waals surface area contributed by atoms with Crippen molar-refractivity contribution in [2.75, 3.05) is 37.6 Å². The first-order chi connectivity index (χ1) is 10.3. The third-order valence-corrected chi connectivity index (χ3v) is 4.54. The minimum Gasteiger partial charge on any atom is -0.352 e. The standard InChI is InChI=1S/C16H20N4O/c21-12-14-16(17-15-3-1-2-6-20(14)15)19-9-7-18(8-10-19)11-13-4-5-13/h1-3,6,12-13H,4-5,7-11H2. The van der Waals surface area contributed by atoms with E-state index in [0.29, 0.717) is 5.69 Å². The first-order valence-electron chi connectivity index (χ1n) is 7.75. The molecule has 1 saturated heterocycles. The number of piperazine rings is 1. The lowest BCUT2D eigenvalue weighted by atomic mass is 10.2. The molecule has 4 rings (SSSR count). The van der Waals surface area contributed by atoms with Gasteiger partial charge in [-0.25, -0.2) is 4.98 Å². The second-order valence-corrected chi connectivity index (χ2v) is 6.10. The monoisotopic (exact) mass is 284 g/mol. The summed E-state index contributed by atoms with van der Waals surface area (Å²) in [6, 6.07) is 5.83. The van der Waals surface area contributed by atoms with Crippen molar-refractivity contribution in [2.45, 2.75) is 12.8 Å². The highest BCUT2D eigenvalue weighted by molar-refractivity contribution is 5.83. The Balaban J connectivity index is 1.55. The van der Waals surface area contributed by atoms with E-state index >= 15 is 0 Å². The maximum absolute atomic E-state index is 11.5. The fourth-order valence-electron chi connectivity index (χ4n) is 3.15. The molecular formula is C16H20N4O. The Hall–Kier alpha value is -1.88. The number of nitrogens with zero attached hydrogens (tertiary/aromatic N) is 4. The number of rotatable bonds is 4. The second-order valence-electron chi connectivity index (χ2n) is 6.10. The zero-order chi connectivity index (χ0) is 14.2. The van der Waals surface area contributed by atoms with Crippen LogP contribution in [0.15, 0.2) is 24.4 Å². The van der Waals surface area contributed by atoms with E-state index in [-0.39, 0.29) is 0 Å². The molecule has 0 bridgehead atoms. The summed E-state index contributed by atoms with van der Waals surface area (Å²) >= 11 is 0. The molecule has 0 N–H and O–H groups in total. The molecule has 2 fully saturated rings. The van der Waals surface area contributed by atoms with E-state index in [1.165, 1.54) is 19.4 Å². The Morgan fingerprint density at radius 3 is 2.71 bits per heavy atom. The predicted octanol–water partition coefficient (Wildman–Crippen LogP) is 1.68. The Kier molecular flexibility index (Phi) is 3.15. The Labute approximate surface area is 124 Å². The van der Waals surface area contributed by atoms with Gasteiger partial charge in [-0.1, -0.05) is 6.07 Å². The highest BCUT2D eigenvalue weighted by Gasteiger charge is 2.27. The molecule has 1 aliphatic carbocycles. The van der Waals surface area contributed by atoms with E-state index in [0.717, 1.165) is 49.8 Å². The molecule has 0 aromatic carbocycles. The fourth-order valence-corrected chi connectivity index (χ4v) is 3.15. The largest absolute Gasteiger partial charge is 0.352 e. The maximum Gasteiger partial charge on any atom is 0.170 e. The van der Waals surface area contributed by atoms with E-state index in [1.54, 1.807) is 0 Å². The molecule has 21 heavy (non-hydrogen) atoms. The number of hydrogen-bond donors (Lipinski definition) is 0. The first-order valence-corrected chi connectivity index (χ1v) is 7.75. The van der Waals surface area contributed by atoms with Crippen molar-refractivity contribution >= 4 is 17.8 Å². The molecule has 1 aliphatic heterocycles. The molecule has 5 heteroatoms. The van der Waals surface area contributed by atoms with E-state index in [9.17, 15) is 4.79 Å². The van der Waals surface area contributed by atoms with Crippen LogP contribution in [-0.2, 0) is 0 Å². The molecule has 2 aliphatic rings. The van der Waals surface area contributed by atoms with Gasteiger partial charge < -0.3 is 4.90 Å². The van der Waals surface area contributed by atoms with Gasteiger partial charge >= 0.3 is 0 Å². The van der Waals surface area contributed by atoms with Gasteiger partial charge in [-0.05, 0) is 30.9 Å². The number of imidazole rings is 1. The molecule has 2 aromatic rings. The van der Waals surface area contributed by atoms with Crippen molar-refractivity contribution in [3.8, 4) is 0 Å². The predicted molar refractivity (Wildman–Crippen MR) is 82.0 cm³/mol. The summed E-state index contributed by atoms with van der Waals surface area (Å²) in [6.07, 6.45) is 5.63. The summed E-state index contributed by atoms with van der Waals surface area (Å²) in [4.78, 5) is 20.9. The summed E-state index contributed by atoms with van der Waals surface area (Å²) in [6.45, 7) is 5.31. The van der Waals surface area contributed by atoms with Crippen LogP contribution < -0.4 is 4.90 Å². The molecule has 110 valence electrons. The summed E-state index contributed by atoms with van der Waals surface area (Å²) in [5, 5.41) is 0. The number of aldehydes is 1. The molecular weight excluding hydrogens is 264 g/mol. The van der Waals surface area contributed by atoms with Crippen LogP contribution in [0.25, 0.3) is 5.65 Å². The van der Waals surface area contributed by atoms with Gasteiger partial charge in [-0.3, -0.25) is 14.1 Å². The lowest BCUT2D eigenvalue weighted by molar-refractivity contribution is 0.111. The topological polar surface area (TPSA) is 40.9 Å². The third-order valence-electron chi connectivity index (χ3n) is 4.54. The molecule has 2 aromatic heterocycles. The Morgan fingerprint density at radius 1 is 1.19 bits per heavy atom. The van der Waals surface area contributed by atoms with Crippen LogP contribution in [0.2, 0.25) is 0 Å². The normalized spacial score (nSPS) is 20.1. The zero-order valence-corrected chi connectivity index (χ0v) is 12.1. The summed E-state index contributed by atoms with van der Waals surface area (Å²) in [5.74, 6) is 1.78. The average molecular weight is 284 g/mol. The number of pyridine rings is 1. The Morgan fingerprint density at radius 2 is 2.00 bits per heavy atom. The smallest absolute Gasteiger partial charge is 0.170 e. The van der Waals surface area contributed by atoms with Gasteiger partial charge in [-0.2, -0.15) is 0 Å². The fraction of sp³-hybridized carbons (Fsp3) is 0.500. The van der Waals surface area contributed by atoms with Crippen molar-refractivity contribution < 1.29 is 4.79 Å². The van der Waals surface area contributed by atoms with Gasteiger partial charge in [0, 0.05) is 38.9 Å². The molecule has 0 spiro atoms. The number of aromatic nitrogens is 2.